The van der Waals surface area contributed by atoms with Crippen molar-refractivity contribution in [3.8, 4) is 11.5 Å². The molecule has 29 heavy (non-hydrogen) atoms. The first-order valence-corrected chi connectivity index (χ1v) is 9.13. The zero-order chi connectivity index (χ0) is 20.8. The number of ether oxygens (including phenoxy) is 1. The van der Waals surface area contributed by atoms with Crippen LogP contribution in [-0.4, -0.2) is 23.5 Å². The molecule has 3 aromatic carbocycles. The maximum atomic E-state index is 13.1. The third-order valence-corrected chi connectivity index (χ3v) is 4.36. The van der Waals surface area contributed by atoms with Gasteiger partial charge in [-0.25, -0.2) is 9.18 Å². The number of carboxylic acids is 1. The number of carbonyl (C=O) groups excluding carboxylic acids is 1. The third kappa shape index (κ3) is 5.56. The molecule has 2 N–H and O–H groups in total. The van der Waals surface area contributed by atoms with E-state index in [-0.39, 0.29) is 22.9 Å². The summed E-state index contributed by atoms with van der Waals surface area (Å²) in [6.45, 7) is 0.341. The summed E-state index contributed by atoms with van der Waals surface area (Å²) in [6.07, 6.45) is 0.528. The minimum atomic E-state index is -0.987. The number of hydrogen-bond donors (Lipinski definition) is 2. The molecular weight excluding hydrogens is 397 g/mol. The first kappa shape index (κ1) is 20.4. The fourth-order valence-corrected chi connectivity index (χ4v) is 2.80. The van der Waals surface area contributed by atoms with Crippen LogP contribution in [0.25, 0.3) is 0 Å². The molecule has 3 rings (SSSR count). The smallest absolute Gasteiger partial charge is 0.335 e. The van der Waals surface area contributed by atoms with Crippen LogP contribution in [0.5, 0.6) is 11.5 Å². The summed E-state index contributed by atoms with van der Waals surface area (Å²) < 4.78 is 18.8. The van der Waals surface area contributed by atoms with Gasteiger partial charge in [-0.2, -0.15) is 0 Å². The number of benzene rings is 3. The first-order valence-electron chi connectivity index (χ1n) is 8.76. The molecule has 0 aromatic heterocycles. The summed E-state index contributed by atoms with van der Waals surface area (Å²) in [7, 11) is 0. The summed E-state index contributed by atoms with van der Waals surface area (Å²) in [5.41, 5.74) is 1.35. The van der Waals surface area contributed by atoms with E-state index >= 15 is 0 Å². The van der Waals surface area contributed by atoms with Crippen LogP contribution in [0.3, 0.4) is 0 Å². The predicted octanol–water partition coefficient (Wildman–Crippen LogP) is 4.94. The average molecular weight is 414 g/mol. The lowest BCUT2D eigenvalue weighted by molar-refractivity contribution is 0.0696. The van der Waals surface area contributed by atoms with Gasteiger partial charge in [0.25, 0.3) is 5.91 Å². The number of rotatable bonds is 7. The quantitative estimate of drug-likeness (QED) is 0.575. The summed E-state index contributed by atoms with van der Waals surface area (Å²) in [4.78, 5) is 23.5. The Morgan fingerprint density at radius 3 is 2.34 bits per heavy atom. The standard InChI is InChI=1S/C22H17ClFNO4/c23-16-5-10-20(29-18-8-6-17(24)7-9-18)19(13-16)21(26)25-12-11-14-1-3-15(4-2-14)22(27)28/h1-10,13H,11-12H2,(H,25,26)(H,27,28). The fourth-order valence-electron chi connectivity index (χ4n) is 2.63. The molecule has 0 bridgehead atoms. The minimum Gasteiger partial charge on any atom is -0.478 e. The van der Waals surface area contributed by atoms with Crippen molar-refractivity contribution in [2.45, 2.75) is 6.42 Å². The van der Waals surface area contributed by atoms with Gasteiger partial charge in [-0.15, -0.1) is 0 Å². The van der Waals surface area contributed by atoms with Crippen molar-refractivity contribution in [2.24, 2.45) is 0 Å². The molecule has 0 radical (unpaired) electrons. The molecule has 0 atom stereocenters. The molecule has 0 unspecified atom stereocenters. The van der Waals surface area contributed by atoms with E-state index in [0.29, 0.717) is 29.5 Å². The van der Waals surface area contributed by atoms with Crippen molar-refractivity contribution >= 4 is 23.5 Å². The van der Waals surface area contributed by atoms with Gasteiger partial charge in [0, 0.05) is 11.6 Å². The lowest BCUT2D eigenvalue weighted by atomic mass is 10.1. The maximum Gasteiger partial charge on any atom is 0.335 e. The van der Waals surface area contributed by atoms with E-state index in [1.54, 1.807) is 24.3 Å². The van der Waals surface area contributed by atoms with Gasteiger partial charge in [0.05, 0.1) is 11.1 Å². The van der Waals surface area contributed by atoms with Crippen LogP contribution in [-0.2, 0) is 6.42 Å². The van der Waals surface area contributed by atoms with Gasteiger partial charge >= 0.3 is 5.97 Å². The second kappa shape index (κ2) is 9.21. The summed E-state index contributed by atoms with van der Waals surface area (Å²) >= 11 is 6.02. The van der Waals surface area contributed by atoms with Crippen LogP contribution in [0.2, 0.25) is 5.02 Å². The van der Waals surface area contributed by atoms with E-state index in [9.17, 15) is 14.0 Å². The molecule has 0 saturated heterocycles. The molecule has 0 heterocycles. The van der Waals surface area contributed by atoms with Crippen LogP contribution < -0.4 is 10.1 Å². The Bertz CT molecular complexity index is 1020. The van der Waals surface area contributed by atoms with Gasteiger partial charge in [-0.3, -0.25) is 4.79 Å². The Hall–Kier alpha value is -3.38. The lowest BCUT2D eigenvalue weighted by Crippen LogP contribution is -2.26. The number of nitrogens with one attached hydrogen (secondary N) is 1. The lowest BCUT2D eigenvalue weighted by Gasteiger charge is -2.12. The third-order valence-electron chi connectivity index (χ3n) is 4.13. The largest absolute Gasteiger partial charge is 0.478 e. The first-order chi connectivity index (χ1) is 13.9. The maximum absolute atomic E-state index is 13.1. The Morgan fingerprint density at radius 2 is 1.69 bits per heavy atom. The monoisotopic (exact) mass is 413 g/mol. The number of carboxylic acid groups (broad SMARTS) is 1. The summed E-state index contributed by atoms with van der Waals surface area (Å²) in [5, 5.41) is 12.1. The number of hydrogen-bond acceptors (Lipinski definition) is 3. The van der Waals surface area contributed by atoms with Crippen molar-refractivity contribution in [1.29, 1.82) is 0 Å². The van der Waals surface area contributed by atoms with E-state index in [4.69, 9.17) is 21.4 Å². The van der Waals surface area contributed by atoms with E-state index in [1.807, 2.05) is 0 Å². The summed E-state index contributed by atoms with van der Waals surface area (Å²) in [6, 6.07) is 16.6. The van der Waals surface area contributed by atoms with E-state index < -0.39 is 5.97 Å². The highest BCUT2D eigenvalue weighted by molar-refractivity contribution is 6.31. The topological polar surface area (TPSA) is 75.6 Å². The van der Waals surface area contributed by atoms with E-state index in [2.05, 4.69) is 5.32 Å². The second-order valence-corrected chi connectivity index (χ2v) is 6.64. The van der Waals surface area contributed by atoms with Crippen molar-refractivity contribution < 1.29 is 23.8 Å². The average Bonchev–Trinajstić information content (AvgIpc) is 2.71. The number of amides is 1. The van der Waals surface area contributed by atoms with Gasteiger partial charge < -0.3 is 15.2 Å². The van der Waals surface area contributed by atoms with Gasteiger partial charge in [0.2, 0.25) is 0 Å². The minimum absolute atomic E-state index is 0.208. The Labute approximate surface area is 171 Å². The zero-order valence-corrected chi connectivity index (χ0v) is 15.9. The van der Waals surface area contributed by atoms with Crippen LogP contribution in [0.1, 0.15) is 26.3 Å². The Balaban J connectivity index is 1.65. The van der Waals surface area contributed by atoms with Crippen LogP contribution in [0, 0.1) is 5.82 Å². The van der Waals surface area contributed by atoms with E-state index in [0.717, 1.165) is 5.56 Å². The highest BCUT2D eigenvalue weighted by Crippen LogP contribution is 2.28. The SMILES string of the molecule is O=C(O)c1ccc(CCNC(=O)c2cc(Cl)ccc2Oc2ccc(F)cc2)cc1. The van der Waals surface area contributed by atoms with Crippen LogP contribution in [0.15, 0.2) is 66.7 Å². The molecule has 7 heteroatoms. The molecule has 5 nitrogen and oxygen atoms in total. The highest BCUT2D eigenvalue weighted by atomic mass is 35.5. The highest BCUT2D eigenvalue weighted by Gasteiger charge is 2.14. The van der Waals surface area contributed by atoms with Gasteiger partial charge in [-0.05, 0) is 66.6 Å². The van der Waals surface area contributed by atoms with Crippen molar-refractivity contribution in [3.63, 3.8) is 0 Å². The van der Waals surface area contributed by atoms with E-state index in [1.165, 1.54) is 42.5 Å². The van der Waals surface area contributed by atoms with Crippen molar-refractivity contribution in [1.82, 2.24) is 5.32 Å². The molecule has 0 fully saturated rings. The molecule has 0 saturated carbocycles. The molecule has 0 aliphatic rings. The van der Waals surface area contributed by atoms with Crippen molar-refractivity contribution in [3.05, 3.63) is 94.3 Å². The zero-order valence-electron chi connectivity index (χ0n) is 15.2. The van der Waals surface area contributed by atoms with Gasteiger partial charge in [-0.1, -0.05) is 23.7 Å². The van der Waals surface area contributed by atoms with Gasteiger partial charge in [0.1, 0.15) is 17.3 Å². The summed E-state index contributed by atoms with van der Waals surface area (Å²) in [5.74, 6) is -1.06. The Kier molecular flexibility index (Phi) is 6.46. The number of aromatic carboxylic acids is 1. The van der Waals surface area contributed by atoms with Crippen LogP contribution >= 0.6 is 11.6 Å². The fraction of sp³-hybridized carbons (Fsp3) is 0.0909. The second-order valence-electron chi connectivity index (χ2n) is 6.20. The number of carbonyl (C=O) groups is 2. The molecule has 1 amide bonds. The molecule has 3 aromatic rings. The molecule has 0 spiro atoms. The van der Waals surface area contributed by atoms with Crippen molar-refractivity contribution in [2.75, 3.05) is 6.54 Å². The number of halogens is 2. The van der Waals surface area contributed by atoms with Crippen LogP contribution in [0.4, 0.5) is 4.39 Å². The predicted molar refractivity (Wildman–Crippen MR) is 107 cm³/mol. The molecule has 148 valence electrons. The molecular formula is C22H17ClFNO4. The van der Waals surface area contributed by atoms with Gasteiger partial charge in [0.15, 0.2) is 0 Å². The Morgan fingerprint density at radius 1 is 1.00 bits per heavy atom. The molecule has 0 aliphatic carbocycles. The molecule has 0 aliphatic heterocycles. The normalized spacial score (nSPS) is 10.4.